The maximum Gasteiger partial charge on any atom is 0.331 e. The third kappa shape index (κ3) is 10.7. The Morgan fingerprint density at radius 1 is 0.722 bits per heavy atom. The Labute approximate surface area is 461 Å². The number of carbonyl (C=O) groups is 1. The van der Waals surface area contributed by atoms with Gasteiger partial charge in [0.15, 0.2) is 25.2 Å². The molecule has 0 bridgehead atoms. The quantitative estimate of drug-likeness (QED) is 0.0640. The van der Waals surface area contributed by atoms with E-state index < -0.39 is 169 Å². The number of esters is 1. The van der Waals surface area contributed by atoms with Gasteiger partial charge in [-0.15, -0.1) is 0 Å². The lowest BCUT2D eigenvalue weighted by atomic mass is 9.42. The van der Waals surface area contributed by atoms with Crippen LogP contribution in [0.4, 0.5) is 0 Å². The average molecular weight is 1120 g/mol. The van der Waals surface area contributed by atoms with Gasteiger partial charge in [-0.2, -0.15) is 0 Å². The highest BCUT2D eigenvalue weighted by molar-refractivity contribution is 5.87. The largest absolute Gasteiger partial charge is 0.458 e. The fourth-order valence-corrected chi connectivity index (χ4v) is 15.0. The van der Waals surface area contributed by atoms with Crippen molar-refractivity contribution < 1.29 is 108 Å². The second kappa shape index (κ2) is 23.8. The van der Waals surface area contributed by atoms with E-state index in [1.807, 2.05) is 43.3 Å². The van der Waals surface area contributed by atoms with Crippen molar-refractivity contribution in [1.82, 2.24) is 0 Å². The lowest BCUT2D eigenvalue weighted by Crippen LogP contribution is -2.78. The zero-order valence-electron chi connectivity index (χ0n) is 46.7. The summed E-state index contributed by atoms with van der Waals surface area (Å²) < 4.78 is 74.2. The lowest BCUT2D eigenvalue weighted by molar-refractivity contribution is -0.373. The maximum atomic E-state index is 13.6. The number of rotatable bonds is 16. The van der Waals surface area contributed by atoms with Gasteiger partial charge in [0.2, 0.25) is 0 Å². The molecule has 8 aliphatic rings. The number of hydrogen-bond donors (Lipinski definition) is 9. The second-order valence-corrected chi connectivity index (χ2v) is 23.9. The predicted octanol–water partition coefficient (Wildman–Crippen LogP) is 1.29. The summed E-state index contributed by atoms with van der Waals surface area (Å²) in [5.74, 6) is -1.24. The summed E-state index contributed by atoms with van der Waals surface area (Å²) >= 11 is 0. The fraction of sp³-hybridized carbons (Fsp3) is 0.807. The molecule has 9 rings (SSSR count). The van der Waals surface area contributed by atoms with E-state index in [4.69, 9.17) is 56.8 Å². The van der Waals surface area contributed by atoms with E-state index >= 15 is 0 Å². The van der Waals surface area contributed by atoms with Crippen molar-refractivity contribution in [3.63, 3.8) is 0 Å². The highest BCUT2D eigenvalue weighted by atomic mass is 16.8. The molecule has 79 heavy (non-hydrogen) atoms. The van der Waals surface area contributed by atoms with Crippen LogP contribution in [0.25, 0.3) is 6.08 Å². The van der Waals surface area contributed by atoms with E-state index in [0.29, 0.717) is 25.7 Å². The summed E-state index contributed by atoms with van der Waals surface area (Å²) in [6, 6.07) is 9.29. The first-order valence-electron chi connectivity index (χ1n) is 28.0. The lowest BCUT2D eigenvalue weighted by Gasteiger charge is -2.67. The normalized spacial score (nSPS) is 49.5. The molecule has 7 fully saturated rings. The third-order valence-corrected chi connectivity index (χ3v) is 19.7. The smallest absolute Gasteiger partial charge is 0.331 e. The first-order chi connectivity index (χ1) is 37.4. The van der Waals surface area contributed by atoms with E-state index in [1.54, 1.807) is 34.0 Å². The van der Waals surface area contributed by atoms with Gasteiger partial charge in [-0.3, -0.25) is 0 Å². The summed E-state index contributed by atoms with van der Waals surface area (Å²) in [5, 5.41) is 102. The van der Waals surface area contributed by atoms with Crippen molar-refractivity contribution >= 4 is 12.0 Å². The third-order valence-electron chi connectivity index (χ3n) is 19.7. The molecular weight excluding hydrogens is 1040 g/mol. The van der Waals surface area contributed by atoms with E-state index in [0.717, 1.165) is 11.1 Å². The zero-order chi connectivity index (χ0) is 57.1. The van der Waals surface area contributed by atoms with Crippen molar-refractivity contribution in [2.75, 3.05) is 27.9 Å². The molecule has 0 unspecified atom stereocenters. The molecule has 0 spiro atoms. The first kappa shape index (κ1) is 60.9. The van der Waals surface area contributed by atoms with Crippen LogP contribution < -0.4 is 0 Å². The van der Waals surface area contributed by atoms with E-state index in [-0.39, 0.29) is 38.2 Å². The van der Waals surface area contributed by atoms with Crippen molar-refractivity contribution in [2.24, 2.45) is 16.7 Å². The van der Waals surface area contributed by atoms with Crippen LogP contribution in [0.15, 0.2) is 48.1 Å². The predicted molar refractivity (Wildman–Crippen MR) is 276 cm³/mol. The molecule has 4 saturated heterocycles. The minimum Gasteiger partial charge on any atom is -0.458 e. The van der Waals surface area contributed by atoms with Gasteiger partial charge in [-0.25, -0.2) is 4.79 Å². The molecule has 4 aliphatic heterocycles. The molecule has 0 aromatic heterocycles. The van der Waals surface area contributed by atoms with Gasteiger partial charge < -0.3 is 103 Å². The molecule has 0 radical (unpaired) electrons. The molecule has 22 heteroatoms. The van der Waals surface area contributed by atoms with Crippen LogP contribution in [-0.2, 0) is 61.6 Å². The fourth-order valence-electron chi connectivity index (χ4n) is 15.0. The summed E-state index contributed by atoms with van der Waals surface area (Å²) in [7, 11) is 4.50. The average Bonchev–Trinajstić information content (AvgIpc) is 3.24. The number of hydrogen-bond acceptors (Lipinski definition) is 22. The number of benzene rings is 1. The number of methoxy groups -OCH3 is 3. The Morgan fingerprint density at radius 2 is 1.33 bits per heavy atom. The number of carbonyl (C=O) groups excluding carboxylic acids is 1. The molecule has 1 aromatic rings. The minimum absolute atomic E-state index is 0.00648. The van der Waals surface area contributed by atoms with Crippen molar-refractivity contribution in [1.29, 1.82) is 0 Å². The molecule has 9 N–H and O–H groups in total. The maximum absolute atomic E-state index is 13.6. The molecule has 3 saturated carbocycles. The van der Waals surface area contributed by atoms with Gasteiger partial charge >= 0.3 is 5.97 Å². The van der Waals surface area contributed by atoms with Crippen LogP contribution in [0.1, 0.15) is 105 Å². The van der Waals surface area contributed by atoms with Crippen molar-refractivity contribution in [3.8, 4) is 0 Å². The summed E-state index contributed by atoms with van der Waals surface area (Å²) in [4.78, 5) is 13.6. The van der Waals surface area contributed by atoms with Crippen LogP contribution in [0, 0.1) is 16.7 Å². The van der Waals surface area contributed by atoms with Gasteiger partial charge in [-0.05, 0) is 89.7 Å². The number of ether oxygens (including phenoxy) is 12. The molecule has 4 aliphatic carbocycles. The number of fused-ring (bicyclic) bond motifs is 5. The summed E-state index contributed by atoms with van der Waals surface area (Å²) in [5.41, 5.74) is -5.97. The molecule has 4 heterocycles. The van der Waals surface area contributed by atoms with Crippen LogP contribution in [-0.4, -0.2) is 226 Å². The zero-order valence-corrected chi connectivity index (χ0v) is 46.7. The van der Waals surface area contributed by atoms with Crippen molar-refractivity contribution in [2.45, 2.75) is 245 Å². The molecular formula is C57H86O22. The summed E-state index contributed by atoms with van der Waals surface area (Å²) in [6.45, 7) is 9.87. The SMILES string of the molecule is CO[C@@H]1[C@@H](O)[C@H](O[C@@H]2[C@@H](C)O[C@@H](O[C@H]3[C@@H](OC)C[C@H](O[C@H]4CC[C@@]5(C)C(=CC[C@]6(O)[C@@H]5C[C@@H](OC(=O)/C=C/c5ccccc5)[C@@]5(C)[C@]6(O)CC[C@@]5(O)[C@H](C)O)C4)O[C@@H]3C)C[C@H]2OC)O[C@H](C)[C@H]1O[C@@H]1O[C@H](CO)[C@@H](O)[C@H](O)[C@H]1O. The Bertz CT molecular complexity index is 2290. The van der Waals surface area contributed by atoms with Crippen molar-refractivity contribution in [3.05, 3.63) is 53.6 Å². The second-order valence-electron chi connectivity index (χ2n) is 23.9. The van der Waals surface area contributed by atoms with Crippen LogP contribution >= 0.6 is 0 Å². The van der Waals surface area contributed by atoms with Crippen LogP contribution in [0.3, 0.4) is 0 Å². The van der Waals surface area contributed by atoms with E-state index in [9.17, 15) is 50.8 Å². The number of aliphatic hydroxyl groups excluding tert-OH is 6. The highest BCUT2D eigenvalue weighted by Crippen LogP contribution is 2.71. The molecule has 0 amide bonds. The summed E-state index contributed by atoms with van der Waals surface area (Å²) in [6.07, 6.45) is -13.5. The van der Waals surface area contributed by atoms with Gasteiger partial charge in [-0.1, -0.05) is 55.8 Å². The van der Waals surface area contributed by atoms with Crippen LogP contribution in [0.2, 0.25) is 0 Å². The Balaban J connectivity index is 0.815. The molecule has 446 valence electrons. The van der Waals surface area contributed by atoms with Gasteiger partial charge in [0.05, 0.1) is 54.7 Å². The topological polar surface area (TPSA) is 310 Å². The first-order valence-corrected chi connectivity index (χ1v) is 28.0. The van der Waals surface area contributed by atoms with Crippen LogP contribution in [0.5, 0.6) is 0 Å². The molecule has 22 nitrogen and oxygen atoms in total. The van der Waals surface area contributed by atoms with Gasteiger partial charge in [0.1, 0.15) is 77.8 Å². The van der Waals surface area contributed by atoms with Gasteiger partial charge in [0, 0.05) is 46.2 Å². The number of aliphatic hydroxyl groups is 9. The Morgan fingerprint density at radius 3 is 1.95 bits per heavy atom. The Kier molecular flexibility index (Phi) is 18.4. The minimum atomic E-state index is -1.93. The van der Waals surface area contributed by atoms with E-state index in [2.05, 4.69) is 6.92 Å². The Hall–Kier alpha value is -2.63. The van der Waals surface area contributed by atoms with Gasteiger partial charge in [0.25, 0.3) is 0 Å². The highest BCUT2D eigenvalue weighted by Gasteiger charge is 2.81. The van der Waals surface area contributed by atoms with E-state index in [1.165, 1.54) is 27.2 Å². The monoisotopic (exact) mass is 1120 g/mol. The standard InChI is InChI=1S/C57H86O22/c1-28-47(77-42-25-36(69-8)48(29(2)72-42)78-52-46(64)50(70-9)49(30(3)73-52)79-51-45(63)44(62)43(61)37(27-58)75-51)35(68-7)24-41(71-28)74-34-18-19-53(5)33(23-34)17-20-56(66)38(53)26-39(76-40(60)16-15-32-13-11-10-12-14-32)54(6)55(65,31(4)59)21-22-57(54,56)67/h10-17,28-31,34-39,41-52,58-59,61-67H,18-27H2,1-9H3/b16-15+/t28-,29-,30-,31+,34+,35+,36-,37-,38-,39-,41+,42+,43-,44+,45-,46-,47-,48-,49-,50-,51+,52+,53+,54-,55-,56+,57-/m1/s1. The molecule has 27 atom stereocenters. The molecule has 1 aromatic carbocycles.